The van der Waals surface area contributed by atoms with Gasteiger partial charge in [0.1, 0.15) is 5.82 Å². The molecule has 3 heterocycles. The molecular formula is C14H20FN3. The molecule has 1 aromatic heterocycles. The molecule has 4 heteroatoms. The summed E-state index contributed by atoms with van der Waals surface area (Å²) in [6.07, 6.45) is 8.13. The van der Waals surface area contributed by atoms with Gasteiger partial charge in [0.2, 0.25) is 0 Å². The molecule has 0 spiro atoms. The third kappa shape index (κ3) is 2.54. The molecule has 0 bridgehead atoms. The first kappa shape index (κ1) is 12.1. The minimum atomic E-state index is -0.234. The summed E-state index contributed by atoms with van der Waals surface area (Å²) < 4.78 is 13.1. The summed E-state index contributed by atoms with van der Waals surface area (Å²) in [4.78, 5) is 6.42. The second-order valence-corrected chi connectivity index (χ2v) is 5.39. The molecule has 2 fully saturated rings. The third-order valence-electron chi connectivity index (χ3n) is 4.12. The zero-order valence-corrected chi connectivity index (χ0v) is 10.6. The van der Waals surface area contributed by atoms with Crippen molar-refractivity contribution >= 4 is 0 Å². The predicted octanol–water partition coefficient (Wildman–Crippen LogP) is 1.94. The molecule has 0 amide bonds. The van der Waals surface area contributed by atoms with Gasteiger partial charge in [0.15, 0.2) is 0 Å². The summed E-state index contributed by atoms with van der Waals surface area (Å²) in [6, 6.07) is 2.86. The Morgan fingerprint density at radius 1 is 1.33 bits per heavy atom. The van der Waals surface area contributed by atoms with Crippen LogP contribution in [0.4, 0.5) is 4.39 Å². The number of likely N-dealkylation sites (tertiary alicyclic amines) is 1. The lowest BCUT2D eigenvalue weighted by molar-refractivity contribution is 0.206. The van der Waals surface area contributed by atoms with E-state index in [9.17, 15) is 4.39 Å². The highest BCUT2D eigenvalue weighted by Crippen LogP contribution is 2.26. The van der Waals surface area contributed by atoms with E-state index in [2.05, 4.69) is 15.2 Å². The quantitative estimate of drug-likeness (QED) is 0.887. The van der Waals surface area contributed by atoms with Crippen LogP contribution >= 0.6 is 0 Å². The Labute approximate surface area is 107 Å². The molecule has 3 nitrogen and oxygen atoms in total. The number of nitrogens with one attached hydrogen (secondary N) is 1. The van der Waals surface area contributed by atoms with E-state index in [-0.39, 0.29) is 5.82 Å². The summed E-state index contributed by atoms with van der Waals surface area (Å²) in [5.74, 6) is -0.234. The third-order valence-corrected chi connectivity index (χ3v) is 4.12. The van der Waals surface area contributed by atoms with Gasteiger partial charge in [0, 0.05) is 24.8 Å². The molecule has 1 aromatic rings. The summed E-state index contributed by atoms with van der Waals surface area (Å²) in [5, 5.41) is 3.59. The normalized spacial score (nSPS) is 28.9. The van der Waals surface area contributed by atoms with Crippen LogP contribution < -0.4 is 5.32 Å². The maximum atomic E-state index is 13.1. The van der Waals surface area contributed by atoms with E-state index in [1.807, 2.05) is 0 Å². The standard InChI is InChI=1S/C14H20FN3/c15-12-7-11(8-16-9-12)10-18-6-2-4-14(18)13-3-1-5-17-13/h7-9,13-14,17H,1-6,10H2. The van der Waals surface area contributed by atoms with Gasteiger partial charge in [0.05, 0.1) is 6.20 Å². The first-order valence-electron chi connectivity index (χ1n) is 6.90. The minimum Gasteiger partial charge on any atom is -0.312 e. The van der Waals surface area contributed by atoms with Gasteiger partial charge in [0.25, 0.3) is 0 Å². The van der Waals surface area contributed by atoms with Gasteiger partial charge < -0.3 is 5.32 Å². The van der Waals surface area contributed by atoms with Crippen LogP contribution in [0.25, 0.3) is 0 Å². The van der Waals surface area contributed by atoms with Gasteiger partial charge in [-0.05, 0) is 50.4 Å². The Balaban J connectivity index is 1.67. The molecule has 3 rings (SSSR count). The lowest BCUT2D eigenvalue weighted by Gasteiger charge is -2.29. The highest BCUT2D eigenvalue weighted by atomic mass is 19.1. The van der Waals surface area contributed by atoms with Crippen LogP contribution in [0, 0.1) is 5.82 Å². The fraction of sp³-hybridized carbons (Fsp3) is 0.643. The van der Waals surface area contributed by atoms with E-state index in [1.54, 1.807) is 12.3 Å². The van der Waals surface area contributed by atoms with Gasteiger partial charge in [-0.15, -0.1) is 0 Å². The molecule has 2 atom stereocenters. The van der Waals surface area contributed by atoms with Gasteiger partial charge in [-0.1, -0.05) is 0 Å². The van der Waals surface area contributed by atoms with Crippen LogP contribution in [0.15, 0.2) is 18.5 Å². The van der Waals surface area contributed by atoms with Crippen LogP contribution in [0.2, 0.25) is 0 Å². The second-order valence-electron chi connectivity index (χ2n) is 5.39. The zero-order valence-electron chi connectivity index (χ0n) is 10.6. The average molecular weight is 249 g/mol. The Hall–Kier alpha value is -1.00. The fourth-order valence-electron chi connectivity index (χ4n) is 3.32. The van der Waals surface area contributed by atoms with Gasteiger partial charge in [-0.3, -0.25) is 9.88 Å². The van der Waals surface area contributed by atoms with Crippen LogP contribution in [0.3, 0.4) is 0 Å². The Bertz CT molecular complexity index is 404. The maximum Gasteiger partial charge on any atom is 0.141 e. The largest absolute Gasteiger partial charge is 0.312 e. The number of pyridine rings is 1. The van der Waals surface area contributed by atoms with E-state index >= 15 is 0 Å². The molecule has 2 aliphatic rings. The van der Waals surface area contributed by atoms with E-state index in [0.29, 0.717) is 12.1 Å². The number of nitrogens with zero attached hydrogens (tertiary/aromatic N) is 2. The van der Waals surface area contributed by atoms with Crippen LogP contribution in [-0.2, 0) is 6.54 Å². The second kappa shape index (κ2) is 5.33. The number of halogens is 1. The van der Waals surface area contributed by atoms with Crippen molar-refractivity contribution in [2.75, 3.05) is 13.1 Å². The van der Waals surface area contributed by atoms with Crippen molar-refractivity contribution < 1.29 is 4.39 Å². The molecule has 1 N–H and O–H groups in total. The van der Waals surface area contributed by atoms with E-state index in [0.717, 1.165) is 25.2 Å². The van der Waals surface area contributed by atoms with Crippen molar-refractivity contribution in [2.45, 2.75) is 44.3 Å². The van der Waals surface area contributed by atoms with Crippen molar-refractivity contribution in [3.05, 3.63) is 29.8 Å². The Morgan fingerprint density at radius 3 is 3.06 bits per heavy atom. The smallest absolute Gasteiger partial charge is 0.141 e. The average Bonchev–Trinajstić information content (AvgIpc) is 2.98. The SMILES string of the molecule is Fc1cncc(CN2CCCC2C2CCCN2)c1. The highest BCUT2D eigenvalue weighted by molar-refractivity contribution is 5.11. The Morgan fingerprint density at radius 2 is 2.28 bits per heavy atom. The molecule has 0 saturated carbocycles. The first-order valence-corrected chi connectivity index (χ1v) is 6.90. The van der Waals surface area contributed by atoms with Crippen molar-refractivity contribution in [3.8, 4) is 0 Å². The predicted molar refractivity (Wildman–Crippen MR) is 68.7 cm³/mol. The molecule has 18 heavy (non-hydrogen) atoms. The number of hydrogen-bond donors (Lipinski definition) is 1. The number of rotatable bonds is 3. The summed E-state index contributed by atoms with van der Waals surface area (Å²) in [7, 11) is 0. The molecular weight excluding hydrogens is 229 g/mol. The molecule has 0 aromatic carbocycles. The summed E-state index contributed by atoms with van der Waals surface area (Å²) >= 11 is 0. The van der Waals surface area contributed by atoms with Crippen molar-refractivity contribution in [2.24, 2.45) is 0 Å². The monoisotopic (exact) mass is 249 g/mol. The van der Waals surface area contributed by atoms with Crippen LogP contribution in [0.5, 0.6) is 0 Å². The molecule has 2 unspecified atom stereocenters. The number of hydrogen-bond acceptors (Lipinski definition) is 3. The summed E-state index contributed by atoms with van der Waals surface area (Å²) in [5.41, 5.74) is 0.986. The van der Waals surface area contributed by atoms with Gasteiger partial charge >= 0.3 is 0 Å². The van der Waals surface area contributed by atoms with Crippen LogP contribution in [0.1, 0.15) is 31.2 Å². The molecule has 0 radical (unpaired) electrons. The number of aromatic nitrogens is 1. The maximum absolute atomic E-state index is 13.1. The van der Waals surface area contributed by atoms with E-state index in [4.69, 9.17) is 0 Å². The van der Waals surface area contributed by atoms with E-state index in [1.165, 1.54) is 31.9 Å². The highest BCUT2D eigenvalue weighted by Gasteiger charge is 2.32. The van der Waals surface area contributed by atoms with Crippen LogP contribution in [-0.4, -0.2) is 35.1 Å². The van der Waals surface area contributed by atoms with Gasteiger partial charge in [-0.25, -0.2) is 4.39 Å². The summed E-state index contributed by atoms with van der Waals surface area (Å²) in [6.45, 7) is 3.10. The van der Waals surface area contributed by atoms with Gasteiger partial charge in [-0.2, -0.15) is 0 Å². The first-order chi connectivity index (χ1) is 8.83. The van der Waals surface area contributed by atoms with Crippen molar-refractivity contribution in [1.82, 2.24) is 15.2 Å². The zero-order chi connectivity index (χ0) is 12.4. The minimum absolute atomic E-state index is 0.234. The molecule has 98 valence electrons. The molecule has 0 aliphatic carbocycles. The Kier molecular flexibility index (Phi) is 3.57. The van der Waals surface area contributed by atoms with E-state index < -0.39 is 0 Å². The molecule has 2 saturated heterocycles. The lowest BCUT2D eigenvalue weighted by Crippen LogP contribution is -2.43. The fourth-order valence-corrected chi connectivity index (χ4v) is 3.32. The molecule has 2 aliphatic heterocycles. The van der Waals surface area contributed by atoms with Crippen molar-refractivity contribution in [3.63, 3.8) is 0 Å². The lowest BCUT2D eigenvalue weighted by atomic mass is 10.0. The topological polar surface area (TPSA) is 28.2 Å². The van der Waals surface area contributed by atoms with Crippen molar-refractivity contribution in [1.29, 1.82) is 0 Å².